The lowest BCUT2D eigenvalue weighted by Gasteiger charge is -2.26. The smallest absolute Gasteiger partial charge is 0.120 e. The fraction of sp³-hybridized carbons (Fsp3) is 0.500. The van der Waals surface area contributed by atoms with Gasteiger partial charge in [0, 0.05) is 6.42 Å². The molecule has 0 aliphatic heterocycles. The average Bonchev–Trinajstić information content (AvgIpc) is 2.16. The van der Waals surface area contributed by atoms with Crippen molar-refractivity contribution in [2.24, 2.45) is 0 Å². The monoisotopic (exact) mass is 202 g/mol. The Labute approximate surface area is 91.5 Å². The predicted octanol–water partition coefficient (Wildman–Crippen LogP) is 3.65. The molecule has 1 fully saturated rings. The van der Waals surface area contributed by atoms with E-state index in [-0.39, 0.29) is 0 Å². The highest BCUT2D eigenvalue weighted by molar-refractivity contribution is 5.51. The van der Waals surface area contributed by atoms with Crippen LogP contribution in [0.5, 0.6) is 0 Å². The Morgan fingerprint density at radius 2 is 2.00 bits per heavy atom. The summed E-state index contributed by atoms with van der Waals surface area (Å²) in [6, 6.07) is 8.84. The summed E-state index contributed by atoms with van der Waals surface area (Å²) in [5, 5.41) is 0. The molecular weight excluding hydrogens is 184 g/mol. The number of rotatable bonds is 4. The summed E-state index contributed by atoms with van der Waals surface area (Å²) in [6.45, 7) is 2.10. The number of carbonyl (C=O) groups excluding carboxylic acids is 1. The summed E-state index contributed by atoms with van der Waals surface area (Å²) >= 11 is 0. The van der Waals surface area contributed by atoms with Crippen LogP contribution in [0.3, 0.4) is 0 Å². The zero-order valence-corrected chi connectivity index (χ0v) is 9.28. The lowest BCUT2D eigenvalue weighted by atomic mass is 9.79. The highest BCUT2D eigenvalue weighted by Crippen LogP contribution is 2.36. The first kappa shape index (κ1) is 10.4. The topological polar surface area (TPSA) is 17.1 Å². The molecule has 0 N–H and O–H groups in total. The molecule has 15 heavy (non-hydrogen) atoms. The van der Waals surface area contributed by atoms with Gasteiger partial charge in [0.1, 0.15) is 6.29 Å². The van der Waals surface area contributed by atoms with Crippen molar-refractivity contribution >= 4 is 6.29 Å². The van der Waals surface area contributed by atoms with Crippen molar-refractivity contribution in [1.29, 1.82) is 0 Å². The van der Waals surface area contributed by atoms with Gasteiger partial charge in [0.2, 0.25) is 0 Å². The van der Waals surface area contributed by atoms with E-state index < -0.39 is 0 Å². The summed E-state index contributed by atoms with van der Waals surface area (Å²) in [5.74, 6) is 1.17. The van der Waals surface area contributed by atoms with Gasteiger partial charge in [-0.1, -0.05) is 37.6 Å². The summed E-state index contributed by atoms with van der Waals surface area (Å²) in [7, 11) is 0. The predicted molar refractivity (Wildman–Crippen MR) is 62.1 cm³/mol. The third-order valence-corrected chi connectivity index (χ3v) is 3.53. The van der Waals surface area contributed by atoms with E-state index in [1.807, 2.05) is 0 Å². The molecule has 0 saturated heterocycles. The van der Waals surface area contributed by atoms with Gasteiger partial charge in [-0.15, -0.1) is 0 Å². The van der Waals surface area contributed by atoms with Crippen LogP contribution in [0.1, 0.15) is 55.6 Å². The number of hydrogen-bond acceptors (Lipinski definition) is 1. The van der Waals surface area contributed by atoms with Crippen molar-refractivity contribution < 1.29 is 4.79 Å². The summed E-state index contributed by atoms with van der Waals surface area (Å²) in [6.07, 6.45) is 5.72. The number of hydrogen-bond donors (Lipinski definition) is 0. The number of benzene rings is 1. The zero-order chi connectivity index (χ0) is 10.7. The van der Waals surface area contributed by atoms with E-state index in [9.17, 15) is 4.79 Å². The van der Waals surface area contributed by atoms with Gasteiger partial charge in [-0.3, -0.25) is 0 Å². The molecule has 0 aromatic heterocycles. The lowest BCUT2D eigenvalue weighted by molar-refractivity contribution is -0.108. The van der Waals surface area contributed by atoms with Crippen molar-refractivity contribution in [3.05, 3.63) is 35.4 Å². The number of aldehydes is 1. The van der Waals surface area contributed by atoms with E-state index in [1.54, 1.807) is 0 Å². The fourth-order valence-electron chi connectivity index (χ4n) is 2.12. The molecule has 1 aliphatic carbocycles. The van der Waals surface area contributed by atoms with Crippen LogP contribution < -0.4 is 0 Å². The molecule has 1 heteroatoms. The lowest BCUT2D eigenvalue weighted by Crippen LogP contribution is -2.08. The van der Waals surface area contributed by atoms with Crippen LogP contribution in [0.25, 0.3) is 0 Å². The minimum absolute atomic E-state index is 0.359. The quantitative estimate of drug-likeness (QED) is 0.681. The second-order valence-electron chi connectivity index (χ2n) is 4.60. The second kappa shape index (κ2) is 4.61. The molecule has 1 aromatic rings. The Hall–Kier alpha value is -1.11. The molecule has 0 bridgehead atoms. The van der Waals surface area contributed by atoms with Gasteiger partial charge in [-0.05, 0) is 35.8 Å². The average molecular weight is 202 g/mol. The van der Waals surface area contributed by atoms with Crippen LogP contribution in [0, 0.1) is 0 Å². The molecular formula is C14H18O. The molecule has 0 spiro atoms. The third kappa shape index (κ3) is 2.28. The Kier molecular flexibility index (Phi) is 3.20. The fourth-order valence-corrected chi connectivity index (χ4v) is 2.12. The van der Waals surface area contributed by atoms with Crippen LogP contribution in [-0.4, -0.2) is 6.29 Å². The molecule has 1 unspecified atom stereocenters. The Balaban J connectivity index is 2.05. The van der Waals surface area contributed by atoms with Gasteiger partial charge >= 0.3 is 0 Å². The third-order valence-electron chi connectivity index (χ3n) is 3.53. The molecule has 2 rings (SSSR count). The standard InChI is InChI=1S/C14H18O/c1-11(9-10-15)12-5-7-14(8-6-12)13-3-2-4-13/h5-8,10-11,13H,2-4,9H2,1H3. The van der Waals surface area contributed by atoms with Gasteiger partial charge < -0.3 is 4.79 Å². The zero-order valence-electron chi connectivity index (χ0n) is 9.28. The highest BCUT2D eigenvalue weighted by Gasteiger charge is 2.19. The van der Waals surface area contributed by atoms with Crippen LogP contribution in [0.2, 0.25) is 0 Å². The van der Waals surface area contributed by atoms with Gasteiger partial charge in [0.15, 0.2) is 0 Å². The Bertz CT molecular complexity index is 322. The van der Waals surface area contributed by atoms with E-state index in [4.69, 9.17) is 0 Å². The molecule has 0 heterocycles. The second-order valence-corrected chi connectivity index (χ2v) is 4.60. The molecule has 1 atom stereocenters. The maximum Gasteiger partial charge on any atom is 0.120 e. The van der Waals surface area contributed by atoms with Crippen LogP contribution >= 0.6 is 0 Å². The van der Waals surface area contributed by atoms with Crippen molar-refractivity contribution in [3.8, 4) is 0 Å². The van der Waals surface area contributed by atoms with Crippen molar-refractivity contribution in [2.75, 3.05) is 0 Å². The van der Waals surface area contributed by atoms with E-state index in [1.165, 1.54) is 30.4 Å². The summed E-state index contributed by atoms with van der Waals surface area (Å²) in [4.78, 5) is 10.4. The molecule has 1 saturated carbocycles. The van der Waals surface area contributed by atoms with Gasteiger partial charge in [-0.25, -0.2) is 0 Å². The summed E-state index contributed by atoms with van der Waals surface area (Å²) in [5.41, 5.74) is 2.76. The maximum atomic E-state index is 10.4. The maximum absolute atomic E-state index is 10.4. The molecule has 1 aliphatic rings. The van der Waals surface area contributed by atoms with Crippen molar-refractivity contribution in [3.63, 3.8) is 0 Å². The SMILES string of the molecule is CC(CC=O)c1ccc(C2CCC2)cc1. The first-order valence-corrected chi connectivity index (χ1v) is 5.84. The molecule has 1 nitrogen and oxygen atoms in total. The van der Waals surface area contributed by atoms with Crippen molar-refractivity contribution in [1.82, 2.24) is 0 Å². The van der Waals surface area contributed by atoms with E-state index >= 15 is 0 Å². The molecule has 0 amide bonds. The Morgan fingerprint density at radius 1 is 1.33 bits per heavy atom. The van der Waals surface area contributed by atoms with Crippen LogP contribution in [-0.2, 0) is 4.79 Å². The van der Waals surface area contributed by atoms with Gasteiger partial charge in [0.05, 0.1) is 0 Å². The summed E-state index contributed by atoms with van der Waals surface area (Å²) < 4.78 is 0. The van der Waals surface area contributed by atoms with Crippen LogP contribution in [0.4, 0.5) is 0 Å². The van der Waals surface area contributed by atoms with Gasteiger partial charge in [0.25, 0.3) is 0 Å². The van der Waals surface area contributed by atoms with Gasteiger partial charge in [-0.2, -0.15) is 0 Å². The van der Waals surface area contributed by atoms with E-state index in [0.717, 1.165) is 12.2 Å². The number of carbonyl (C=O) groups is 1. The molecule has 80 valence electrons. The molecule has 0 radical (unpaired) electrons. The minimum atomic E-state index is 0.359. The molecule has 1 aromatic carbocycles. The Morgan fingerprint density at radius 3 is 2.47 bits per heavy atom. The van der Waals surface area contributed by atoms with Crippen LogP contribution in [0.15, 0.2) is 24.3 Å². The highest BCUT2D eigenvalue weighted by atomic mass is 16.1. The first-order valence-electron chi connectivity index (χ1n) is 5.84. The van der Waals surface area contributed by atoms with E-state index in [2.05, 4.69) is 31.2 Å². The minimum Gasteiger partial charge on any atom is -0.303 e. The van der Waals surface area contributed by atoms with Crippen molar-refractivity contribution in [2.45, 2.75) is 44.4 Å². The first-order chi connectivity index (χ1) is 7.31. The normalized spacial score (nSPS) is 18.2. The largest absolute Gasteiger partial charge is 0.303 e. The van der Waals surface area contributed by atoms with E-state index in [0.29, 0.717) is 12.3 Å².